The number of benzene rings is 1. The number of quaternary nitrogens is 1. The molecule has 2 rings (SSSR count). The van der Waals surface area contributed by atoms with Crippen LogP contribution < -0.4 is 4.90 Å². The van der Waals surface area contributed by atoms with Crippen LogP contribution >= 0.6 is 23.2 Å². The molecule has 21 heavy (non-hydrogen) atoms. The van der Waals surface area contributed by atoms with Crippen LogP contribution in [-0.4, -0.2) is 44.9 Å². The molecule has 1 aliphatic heterocycles. The molecule has 1 saturated heterocycles. The predicted molar refractivity (Wildman–Crippen MR) is 81.0 cm³/mol. The zero-order valence-corrected chi connectivity index (χ0v) is 13.8. The quantitative estimate of drug-likeness (QED) is 0.878. The van der Waals surface area contributed by atoms with Crippen LogP contribution in [0.25, 0.3) is 0 Å². The van der Waals surface area contributed by atoms with E-state index in [0.29, 0.717) is 26.2 Å². The van der Waals surface area contributed by atoms with Crippen molar-refractivity contribution < 1.29 is 13.3 Å². The Kier molecular flexibility index (Phi) is 5.12. The molecule has 1 atom stereocenters. The molecule has 1 N–H and O–H groups in total. The summed E-state index contributed by atoms with van der Waals surface area (Å²) in [5, 5.41) is 9.18. The van der Waals surface area contributed by atoms with Crippen molar-refractivity contribution in [3.63, 3.8) is 0 Å². The van der Waals surface area contributed by atoms with E-state index in [9.17, 15) is 8.42 Å². The highest BCUT2D eigenvalue weighted by atomic mass is 35.5. The van der Waals surface area contributed by atoms with Gasteiger partial charge in [0.1, 0.15) is 11.0 Å². The molecule has 0 aromatic heterocycles. The van der Waals surface area contributed by atoms with Gasteiger partial charge in [-0.2, -0.15) is 9.57 Å². The standard InChI is InChI=1S/C13H15Cl2N3O2S/c1-10(9-16)17-5-7-18(8-6-17)21(19,20)13-11(14)3-2-4-12(13)15/h2-4,10H,5-8H2,1H3/p+1/t10-/m0/s1. The first kappa shape index (κ1) is 16.5. The SMILES string of the molecule is C[C@@H](C#N)[NH+]1CCN(S(=O)(=O)c2c(Cl)cccc2Cl)CC1. The van der Waals surface area contributed by atoms with Crippen LogP contribution in [0.15, 0.2) is 23.1 Å². The average Bonchev–Trinajstić information content (AvgIpc) is 2.46. The number of sulfonamides is 1. The number of hydrogen-bond donors (Lipinski definition) is 1. The Hall–Kier alpha value is -0.840. The lowest BCUT2D eigenvalue weighted by molar-refractivity contribution is -0.918. The summed E-state index contributed by atoms with van der Waals surface area (Å²) >= 11 is 12.0. The molecule has 0 amide bonds. The molecule has 1 fully saturated rings. The zero-order chi connectivity index (χ0) is 15.6. The van der Waals surface area contributed by atoms with Crippen molar-refractivity contribution in [1.82, 2.24) is 4.31 Å². The summed E-state index contributed by atoms with van der Waals surface area (Å²) in [5.74, 6) is 0. The highest BCUT2D eigenvalue weighted by molar-refractivity contribution is 7.89. The lowest BCUT2D eigenvalue weighted by Gasteiger charge is -2.32. The van der Waals surface area contributed by atoms with Gasteiger partial charge in [-0.25, -0.2) is 8.42 Å². The first-order chi connectivity index (χ1) is 9.87. The highest BCUT2D eigenvalue weighted by Gasteiger charge is 2.34. The minimum Gasteiger partial charge on any atom is -0.319 e. The van der Waals surface area contributed by atoms with Crippen LogP contribution in [0.1, 0.15) is 6.92 Å². The van der Waals surface area contributed by atoms with Gasteiger partial charge in [-0.1, -0.05) is 29.3 Å². The van der Waals surface area contributed by atoms with Crippen molar-refractivity contribution in [3.8, 4) is 6.07 Å². The number of nitriles is 1. The summed E-state index contributed by atoms with van der Waals surface area (Å²) < 4.78 is 26.7. The lowest BCUT2D eigenvalue weighted by atomic mass is 10.2. The molecule has 0 aliphatic carbocycles. The second kappa shape index (κ2) is 6.51. The van der Waals surface area contributed by atoms with E-state index in [1.807, 2.05) is 6.92 Å². The van der Waals surface area contributed by atoms with Crippen molar-refractivity contribution >= 4 is 33.2 Å². The van der Waals surface area contributed by atoms with Crippen LogP contribution in [-0.2, 0) is 10.0 Å². The Morgan fingerprint density at radius 1 is 1.29 bits per heavy atom. The predicted octanol–water partition coefficient (Wildman–Crippen LogP) is 0.795. The Morgan fingerprint density at radius 2 is 1.81 bits per heavy atom. The fraction of sp³-hybridized carbons (Fsp3) is 0.462. The van der Waals surface area contributed by atoms with Crippen molar-refractivity contribution in [3.05, 3.63) is 28.2 Å². The number of nitrogens with one attached hydrogen (secondary N) is 1. The largest absolute Gasteiger partial charge is 0.319 e. The first-order valence-electron chi connectivity index (χ1n) is 6.56. The summed E-state index contributed by atoms with van der Waals surface area (Å²) in [6.45, 7) is 3.73. The molecule has 0 unspecified atom stereocenters. The third-order valence-electron chi connectivity index (χ3n) is 3.69. The van der Waals surface area contributed by atoms with Crippen LogP contribution in [0.2, 0.25) is 10.0 Å². The molecule has 8 heteroatoms. The second-order valence-corrected chi connectivity index (χ2v) is 7.65. The van der Waals surface area contributed by atoms with Gasteiger partial charge in [0, 0.05) is 6.92 Å². The molecule has 0 bridgehead atoms. The van der Waals surface area contributed by atoms with E-state index in [2.05, 4.69) is 6.07 Å². The summed E-state index contributed by atoms with van der Waals surface area (Å²) in [4.78, 5) is 1.05. The molecule has 0 radical (unpaired) electrons. The van der Waals surface area contributed by atoms with E-state index in [4.69, 9.17) is 28.5 Å². The number of halogens is 2. The van der Waals surface area contributed by atoms with Crippen LogP contribution in [0.4, 0.5) is 0 Å². The van der Waals surface area contributed by atoms with Crippen LogP contribution in [0.5, 0.6) is 0 Å². The van der Waals surface area contributed by atoms with Gasteiger partial charge < -0.3 is 4.90 Å². The van der Waals surface area contributed by atoms with Gasteiger partial charge in [0.2, 0.25) is 10.0 Å². The molecular weight excluding hydrogens is 333 g/mol. The van der Waals surface area contributed by atoms with E-state index in [1.165, 1.54) is 16.4 Å². The summed E-state index contributed by atoms with van der Waals surface area (Å²) in [6.07, 6.45) is 0. The van der Waals surface area contributed by atoms with E-state index in [1.54, 1.807) is 6.07 Å². The van der Waals surface area contributed by atoms with Gasteiger partial charge in [0.15, 0.2) is 6.04 Å². The summed E-state index contributed by atoms with van der Waals surface area (Å²) in [5.41, 5.74) is 0. The minimum absolute atomic E-state index is 0.0369. The molecule has 1 heterocycles. The molecule has 0 saturated carbocycles. The molecule has 1 aromatic carbocycles. The van der Waals surface area contributed by atoms with Crippen molar-refractivity contribution in [1.29, 1.82) is 5.26 Å². The Bertz CT molecular complexity index is 644. The van der Waals surface area contributed by atoms with Gasteiger partial charge in [-0.05, 0) is 12.1 Å². The second-order valence-electron chi connectivity index (χ2n) is 4.96. The van der Waals surface area contributed by atoms with E-state index in [0.717, 1.165) is 4.90 Å². The Balaban J connectivity index is 2.22. The van der Waals surface area contributed by atoms with Gasteiger partial charge in [0.05, 0.1) is 36.2 Å². The molecular formula is C13H16Cl2N3O2S+. The first-order valence-corrected chi connectivity index (χ1v) is 8.76. The van der Waals surface area contributed by atoms with E-state index in [-0.39, 0.29) is 21.0 Å². The van der Waals surface area contributed by atoms with Crippen LogP contribution in [0.3, 0.4) is 0 Å². The number of nitrogens with zero attached hydrogens (tertiary/aromatic N) is 2. The fourth-order valence-electron chi connectivity index (χ4n) is 2.40. The maximum Gasteiger partial charge on any atom is 0.246 e. The molecule has 1 aromatic rings. The summed E-state index contributed by atoms with van der Waals surface area (Å²) in [6, 6.07) is 6.69. The molecule has 0 spiro atoms. The highest BCUT2D eigenvalue weighted by Crippen LogP contribution is 2.31. The third kappa shape index (κ3) is 3.33. The maximum absolute atomic E-state index is 12.7. The molecule has 114 valence electrons. The average molecular weight is 349 g/mol. The monoisotopic (exact) mass is 348 g/mol. The van der Waals surface area contributed by atoms with Crippen molar-refractivity contribution in [2.75, 3.05) is 26.2 Å². The van der Waals surface area contributed by atoms with Gasteiger partial charge in [-0.15, -0.1) is 0 Å². The number of hydrogen-bond acceptors (Lipinski definition) is 3. The Morgan fingerprint density at radius 3 is 2.29 bits per heavy atom. The maximum atomic E-state index is 12.7. The minimum atomic E-state index is -3.71. The van der Waals surface area contributed by atoms with E-state index >= 15 is 0 Å². The molecule has 1 aliphatic rings. The fourth-order valence-corrected chi connectivity index (χ4v) is 4.93. The van der Waals surface area contributed by atoms with Crippen molar-refractivity contribution in [2.45, 2.75) is 17.9 Å². The van der Waals surface area contributed by atoms with Gasteiger partial charge in [-0.3, -0.25) is 0 Å². The normalized spacial score (nSPS) is 19.1. The van der Waals surface area contributed by atoms with Crippen molar-refractivity contribution in [2.24, 2.45) is 0 Å². The van der Waals surface area contributed by atoms with Gasteiger partial charge in [0.25, 0.3) is 0 Å². The summed E-state index contributed by atoms with van der Waals surface area (Å²) in [7, 11) is -3.71. The zero-order valence-electron chi connectivity index (χ0n) is 11.5. The Labute approximate surface area is 134 Å². The number of rotatable bonds is 3. The lowest BCUT2D eigenvalue weighted by Crippen LogP contribution is -3.17. The topological polar surface area (TPSA) is 65.6 Å². The van der Waals surface area contributed by atoms with E-state index < -0.39 is 10.0 Å². The molecule has 5 nitrogen and oxygen atoms in total. The van der Waals surface area contributed by atoms with Gasteiger partial charge >= 0.3 is 0 Å². The third-order valence-corrected chi connectivity index (χ3v) is 6.54. The number of piperazine rings is 1. The van der Waals surface area contributed by atoms with Crippen LogP contribution in [0, 0.1) is 11.3 Å². The smallest absolute Gasteiger partial charge is 0.246 e.